The molecule has 0 aromatic heterocycles. The Hall–Kier alpha value is -1.93. The average Bonchev–Trinajstić information content (AvgIpc) is 3.10. The third-order valence-electron chi connectivity index (χ3n) is 7.05. The standard InChI is InChI=1S/C24H34N2O5S/c1-18(23(27)25-13-4-2-3-5-14-25)31-24(28)20-11-15-26(16-12-20)32(29,30)22-10-9-19-7-6-8-21(19)17-22/h9-10,17-18,20H,2-8,11-16H2,1H3. The van der Waals surface area contributed by atoms with E-state index in [1.807, 2.05) is 12.1 Å². The van der Waals surface area contributed by atoms with Crippen LogP contribution in [0.4, 0.5) is 0 Å². The van der Waals surface area contributed by atoms with Crippen LogP contribution in [-0.4, -0.2) is 61.8 Å². The number of amides is 1. The first-order chi connectivity index (χ1) is 15.4. The Kier molecular flexibility index (Phi) is 7.20. The molecule has 1 unspecified atom stereocenters. The number of piperidine rings is 1. The van der Waals surface area contributed by atoms with Crippen LogP contribution in [0.25, 0.3) is 0 Å². The van der Waals surface area contributed by atoms with E-state index in [9.17, 15) is 18.0 Å². The lowest BCUT2D eigenvalue weighted by Gasteiger charge is -2.31. The van der Waals surface area contributed by atoms with Gasteiger partial charge in [0, 0.05) is 26.2 Å². The van der Waals surface area contributed by atoms with Crippen molar-refractivity contribution in [1.29, 1.82) is 0 Å². The summed E-state index contributed by atoms with van der Waals surface area (Å²) < 4.78 is 33.2. The van der Waals surface area contributed by atoms with Crippen molar-refractivity contribution in [2.45, 2.75) is 75.7 Å². The van der Waals surface area contributed by atoms with Crippen LogP contribution in [0.5, 0.6) is 0 Å². The van der Waals surface area contributed by atoms with Gasteiger partial charge in [0.05, 0.1) is 10.8 Å². The number of nitrogens with zero attached hydrogens (tertiary/aromatic N) is 2. The number of benzene rings is 1. The van der Waals surface area contributed by atoms with Gasteiger partial charge in [-0.1, -0.05) is 18.9 Å². The lowest BCUT2D eigenvalue weighted by Crippen LogP contribution is -2.43. The van der Waals surface area contributed by atoms with Crippen LogP contribution in [0, 0.1) is 5.92 Å². The van der Waals surface area contributed by atoms with Gasteiger partial charge in [0.1, 0.15) is 0 Å². The molecular weight excluding hydrogens is 428 g/mol. The van der Waals surface area contributed by atoms with Crippen LogP contribution in [0.1, 0.15) is 63.0 Å². The van der Waals surface area contributed by atoms with Gasteiger partial charge in [-0.15, -0.1) is 0 Å². The summed E-state index contributed by atoms with van der Waals surface area (Å²) in [6.45, 7) is 3.65. The van der Waals surface area contributed by atoms with Crippen molar-refractivity contribution in [3.8, 4) is 0 Å². The molecule has 2 saturated heterocycles. The predicted octanol–water partition coefficient (Wildman–Crippen LogP) is 2.91. The molecule has 32 heavy (non-hydrogen) atoms. The predicted molar refractivity (Wildman–Crippen MR) is 121 cm³/mol. The number of hydrogen-bond acceptors (Lipinski definition) is 5. The zero-order valence-electron chi connectivity index (χ0n) is 18.9. The molecule has 2 aliphatic heterocycles. The summed E-state index contributed by atoms with van der Waals surface area (Å²) in [5, 5.41) is 0. The van der Waals surface area contributed by atoms with Crippen molar-refractivity contribution in [2.24, 2.45) is 5.92 Å². The van der Waals surface area contributed by atoms with Gasteiger partial charge in [0.15, 0.2) is 6.10 Å². The Balaban J connectivity index is 1.31. The first kappa shape index (κ1) is 23.2. The molecule has 2 fully saturated rings. The molecule has 7 nitrogen and oxygen atoms in total. The van der Waals surface area contributed by atoms with E-state index in [0.29, 0.717) is 17.7 Å². The number of sulfonamides is 1. The second kappa shape index (κ2) is 9.91. The molecule has 1 atom stereocenters. The van der Waals surface area contributed by atoms with Crippen LogP contribution >= 0.6 is 0 Å². The van der Waals surface area contributed by atoms with Crippen LogP contribution in [0.3, 0.4) is 0 Å². The monoisotopic (exact) mass is 462 g/mol. The third kappa shape index (κ3) is 5.01. The Labute approximate surface area is 191 Å². The fraction of sp³-hybridized carbons (Fsp3) is 0.667. The molecule has 1 aromatic carbocycles. The molecule has 0 spiro atoms. The molecular formula is C24H34N2O5S. The Morgan fingerprint density at radius 3 is 2.28 bits per heavy atom. The van der Waals surface area contributed by atoms with Gasteiger partial charge < -0.3 is 9.64 Å². The van der Waals surface area contributed by atoms with E-state index in [2.05, 4.69) is 0 Å². The summed E-state index contributed by atoms with van der Waals surface area (Å²) in [6.07, 6.45) is 7.28. The third-order valence-corrected chi connectivity index (χ3v) is 8.95. The number of ether oxygens (including phenoxy) is 1. The van der Waals surface area contributed by atoms with Gasteiger partial charge in [-0.3, -0.25) is 9.59 Å². The molecule has 3 aliphatic rings. The summed E-state index contributed by atoms with van der Waals surface area (Å²) in [5.74, 6) is -0.895. The Morgan fingerprint density at radius 1 is 0.938 bits per heavy atom. The van der Waals surface area contributed by atoms with Crippen molar-refractivity contribution in [3.63, 3.8) is 0 Å². The molecule has 1 aliphatic carbocycles. The van der Waals surface area contributed by atoms with E-state index < -0.39 is 22.1 Å². The molecule has 0 saturated carbocycles. The van der Waals surface area contributed by atoms with Crippen LogP contribution in [0.2, 0.25) is 0 Å². The maximum atomic E-state index is 13.1. The summed E-state index contributed by atoms with van der Waals surface area (Å²) in [4.78, 5) is 27.5. The number of carbonyl (C=O) groups is 2. The average molecular weight is 463 g/mol. The molecule has 176 valence electrons. The molecule has 0 N–H and O–H groups in total. The first-order valence-electron chi connectivity index (χ1n) is 12.0. The van der Waals surface area contributed by atoms with Crippen molar-refractivity contribution < 1.29 is 22.7 Å². The lowest BCUT2D eigenvalue weighted by atomic mass is 9.98. The molecule has 0 radical (unpaired) electrons. The summed E-state index contributed by atoms with van der Waals surface area (Å²) in [5.41, 5.74) is 2.38. The highest BCUT2D eigenvalue weighted by Crippen LogP contribution is 2.29. The van der Waals surface area contributed by atoms with Crippen LogP contribution < -0.4 is 0 Å². The van der Waals surface area contributed by atoms with E-state index in [1.165, 1.54) is 9.87 Å². The second-order valence-electron chi connectivity index (χ2n) is 9.28. The number of esters is 1. The van der Waals surface area contributed by atoms with Gasteiger partial charge in [0.2, 0.25) is 10.0 Å². The number of hydrogen-bond donors (Lipinski definition) is 0. The number of aryl methyl sites for hydroxylation is 2. The van der Waals surface area contributed by atoms with E-state index in [-0.39, 0.29) is 24.9 Å². The van der Waals surface area contributed by atoms with E-state index in [1.54, 1.807) is 17.9 Å². The SMILES string of the molecule is CC(OC(=O)C1CCN(S(=O)(=O)c2ccc3c(c2)CCC3)CC1)C(=O)N1CCCCCC1. The maximum absolute atomic E-state index is 13.1. The topological polar surface area (TPSA) is 84.0 Å². The van der Waals surface area contributed by atoms with Gasteiger partial charge in [0.25, 0.3) is 5.91 Å². The maximum Gasteiger partial charge on any atom is 0.309 e. The highest BCUT2D eigenvalue weighted by atomic mass is 32.2. The summed E-state index contributed by atoms with van der Waals surface area (Å²) in [7, 11) is -3.57. The minimum Gasteiger partial charge on any atom is -0.452 e. The molecule has 4 rings (SSSR count). The number of rotatable bonds is 5. The summed E-state index contributed by atoms with van der Waals surface area (Å²) in [6, 6.07) is 5.45. The Bertz CT molecular complexity index is 945. The zero-order chi connectivity index (χ0) is 22.7. The molecule has 2 heterocycles. The largest absolute Gasteiger partial charge is 0.452 e. The van der Waals surface area contributed by atoms with Crippen molar-refractivity contribution in [1.82, 2.24) is 9.21 Å². The van der Waals surface area contributed by atoms with E-state index >= 15 is 0 Å². The van der Waals surface area contributed by atoms with Crippen LogP contribution in [0.15, 0.2) is 23.1 Å². The minimum atomic E-state index is -3.57. The first-order valence-corrected chi connectivity index (χ1v) is 13.4. The van der Waals surface area contributed by atoms with Gasteiger partial charge in [-0.25, -0.2) is 8.42 Å². The van der Waals surface area contributed by atoms with Gasteiger partial charge >= 0.3 is 5.97 Å². The number of fused-ring (bicyclic) bond motifs is 1. The van der Waals surface area contributed by atoms with E-state index in [4.69, 9.17) is 4.74 Å². The highest BCUT2D eigenvalue weighted by Gasteiger charge is 2.35. The molecule has 1 amide bonds. The van der Waals surface area contributed by atoms with Gasteiger partial charge in [-0.05, 0) is 75.1 Å². The number of likely N-dealkylation sites (tertiary alicyclic amines) is 1. The van der Waals surface area contributed by atoms with Gasteiger partial charge in [-0.2, -0.15) is 4.31 Å². The lowest BCUT2D eigenvalue weighted by molar-refractivity contribution is -0.163. The van der Waals surface area contributed by atoms with E-state index in [0.717, 1.165) is 63.6 Å². The second-order valence-corrected chi connectivity index (χ2v) is 11.2. The molecule has 0 bridgehead atoms. The quantitative estimate of drug-likeness (QED) is 0.628. The fourth-order valence-electron chi connectivity index (χ4n) is 5.06. The highest BCUT2D eigenvalue weighted by molar-refractivity contribution is 7.89. The smallest absolute Gasteiger partial charge is 0.309 e. The Morgan fingerprint density at radius 2 is 1.59 bits per heavy atom. The summed E-state index contributed by atoms with van der Waals surface area (Å²) >= 11 is 0. The van der Waals surface area contributed by atoms with Crippen molar-refractivity contribution >= 4 is 21.9 Å². The normalized spacial score (nSPS) is 21.6. The van der Waals surface area contributed by atoms with Crippen molar-refractivity contribution in [2.75, 3.05) is 26.2 Å². The fourth-order valence-corrected chi connectivity index (χ4v) is 6.58. The molecule has 8 heteroatoms. The van der Waals surface area contributed by atoms with Crippen LogP contribution in [-0.2, 0) is 37.2 Å². The minimum absolute atomic E-state index is 0.128. The number of carbonyl (C=O) groups excluding carboxylic acids is 2. The zero-order valence-corrected chi connectivity index (χ0v) is 19.7. The molecule has 1 aromatic rings. The van der Waals surface area contributed by atoms with Crippen molar-refractivity contribution in [3.05, 3.63) is 29.3 Å².